The van der Waals surface area contributed by atoms with E-state index in [1.807, 2.05) is 11.0 Å². The number of hydrogen-bond donors (Lipinski definition) is 2. The highest BCUT2D eigenvalue weighted by Gasteiger charge is 2.22. The Kier molecular flexibility index (Phi) is 5.03. The fourth-order valence-electron chi connectivity index (χ4n) is 1.17. The van der Waals surface area contributed by atoms with Gasteiger partial charge in [0.15, 0.2) is 0 Å². The summed E-state index contributed by atoms with van der Waals surface area (Å²) in [5.74, 6) is -1.24. The zero-order chi connectivity index (χ0) is 13.9. The zero-order valence-corrected chi connectivity index (χ0v) is 12.1. The minimum Gasteiger partial charge on any atom is -0.480 e. The van der Waals surface area contributed by atoms with Crippen LogP contribution in [0.2, 0.25) is 5.02 Å². The molecule has 0 aliphatic rings. The monoisotopic (exact) mass is 309 g/mol. The molecule has 0 aliphatic heterocycles. The van der Waals surface area contributed by atoms with E-state index in [2.05, 4.69) is 0 Å². The summed E-state index contributed by atoms with van der Waals surface area (Å²) < 4.78 is 25.8. The first kappa shape index (κ1) is 15.3. The second kappa shape index (κ2) is 5.92. The molecule has 0 saturated carbocycles. The Labute approximate surface area is 115 Å². The minimum absolute atomic E-state index is 0.0570. The van der Waals surface area contributed by atoms with Crippen molar-refractivity contribution >= 4 is 39.4 Å². The number of carbonyl (C=O) groups is 1. The van der Waals surface area contributed by atoms with Crippen LogP contribution in [0, 0.1) is 0 Å². The van der Waals surface area contributed by atoms with Crippen LogP contribution in [0.3, 0.4) is 0 Å². The van der Waals surface area contributed by atoms with Gasteiger partial charge in [0.05, 0.1) is 9.92 Å². The van der Waals surface area contributed by atoms with Crippen LogP contribution in [-0.2, 0) is 14.8 Å². The van der Waals surface area contributed by atoms with E-state index in [4.69, 9.17) is 16.7 Å². The minimum atomic E-state index is -3.88. The molecule has 0 spiro atoms. The largest absolute Gasteiger partial charge is 0.480 e. The van der Waals surface area contributed by atoms with Crippen molar-refractivity contribution in [2.75, 3.05) is 6.26 Å². The highest BCUT2D eigenvalue weighted by Crippen LogP contribution is 2.27. The Morgan fingerprint density at radius 1 is 1.50 bits per heavy atom. The number of nitrogens with one attached hydrogen (secondary N) is 1. The molecule has 0 heterocycles. The number of aliphatic carboxylic acids is 1. The van der Waals surface area contributed by atoms with Gasteiger partial charge in [0.2, 0.25) is 10.0 Å². The lowest BCUT2D eigenvalue weighted by Gasteiger charge is -2.11. The Morgan fingerprint density at radius 2 is 2.11 bits per heavy atom. The zero-order valence-electron chi connectivity index (χ0n) is 9.68. The van der Waals surface area contributed by atoms with Crippen molar-refractivity contribution in [3.8, 4) is 0 Å². The van der Waals surface area contributed by atoms with E-state index >= 15 is 0 Å². The predicted octanol–water partition coefficient (Wildman–Crippen LogP) is 1.81. The van der Waals surface area contributed by atoms with Crippen molar-refractivity contribution < 1.29 is 18.3 Å². The van der Waals surface area contributed by atoms with Gasteiger partial charge in [-0.2, -0.15) is 4.72 Å². The molecule has 1 rings (SSSR count). The number of sulfonamides is 1. The van der Waals surface area contributed by atoms with E-state index in [-0.39, 0.29) is 4.90 Å². The van der Waals surface area contributed by atoms with Crippen LogP contribution in [0.1, 0.15) is 6.92 Å². The number of thioether (sulfide) groups is 1. The van der Waals surface area contributed by atoms with Crippen LogP contribution in [0.5, 0.6) is 0 Å². The number of halogens is 1. The summed E-state index contributed by atoms with van der Waals surface area (Å²) in [6.45, 7) is 1.25. The summed E-state index contributed by atoms with van der Waals surface area (Å²) >= 11 is 7.30. The molecule has 0 aromatic heterocycles. The SMILES string of the molecule is CSc1ccc(S(=O)(=O)N[C@H](C)C(=O)O)cc1Cl. The molecule has 8 heteroatoms. The molecule has 1 aromatic carbocycles. The molecule has 0 saturated heterocycles. The van der Waals surface area contributed by atoms with E-state index in [1.165, 1.54) is 30.8 Å². The molecule has 1 atom stereocenters. The Bertz CT molecular complexity index is 559. The van der Waals surface area contributed by atoms with Gasteiger partial charge in [0.1, 0.15) is 6.04 Å². The van der Waals surface area contributed by atoms with Crippen molar-refractivity contribution in [2.24, 2.45) is 0 Å². The molecule has 0 unspecified atom stereocenters. The predicted molar refractivity (Wildman–Crippen MR) is 70.7 cm³/mol. The molecule has 0 aliphatic carbocycles. The summed E-state index contributed by atoms with van der Waals surface area (Å²) in [5, 5.41) is 8.99. The van der Waals surface area contributed by atoms with Gasteiger partial charge in [0.25, 0.3) is 0 Å². The topological polar surface area (TPSA) is 83.5 Å². The third-order valence-electron chi connectivity index (χ3n) is 2.14. The average molecular weight is 310 g/mol. The van der Waals surface area contributed by atoms with Gasteiger partial charge in [0, 0.05) is 4.90 Å². The van der Waals surface area contributed by atoms with Gasteiger partial charge < -0.3 is 5.11 Å². The first-order chi connectivity index (χ1) is 8.27. The van der Waals surface area contributed by atoms with Crippen molar-refractivity contribution in [3.63, 3.8) is 0 Å². The van der Waals surface area contributed by atoms with Crippen molar-refractivity contribution in [1.82, 2.24) is 4.72 Å². The van der Waals surface area contributed by atoms with E-state index in [0.717, 1.165) is 4.90 Å². The average Bonchev–Trinajstić information content (AvgIpc) is 2.28. The lowest BCUT2D eigenvalue weighted by atomic mass is 10.4. The van der Waals surface area contributed by atoms with Gasteiger partial charge >= 0.3 is 5.97 Å². The Hall–Kier alpha value is -0.760. The molecule has 0 fully saturated rings. The lowest BCUT2D eigenvalue weighted by molar-refractivity contribution is -0.138. The first-order valence-corrected chi connectivity index (χ1v) is 7.95. The second-order valence-electron chi connectivity index (χ2n) is 3.48. The molecular formula is C10H12ClNO4S2. The normalized spacial score (nSPS) is 13.3. The summed E-state index contributed by atoms with van der Waals surface area (Å²) in [6.07, 6.45) is 1.82. The lowest BCUT2D eigenvalue weighted by Crippen LogP contribution is -2.38. The van der Waals surface area contributed by atoms with Gasteiger partial charge in [-0.05, 0) is 31.4 Å². The summed E-state index contributed by atoms with van der Waals surface area (Å²) in [4.78, 5) is 11.3. The summed E-state index contributed by atoms with van der Waals surface area (Å²) in [6, 6.07) is 3.06. The van der Waals surface area contributed by atoms with Gasteiger partial charge in [-0.15, -0.1) is 11.8 Å². The van der Waals surface area contributed by atoms with Crippen LogP contribution < -0.4 is 4.72 Å². The molecule has 0 bridgehead atoms. The molecule has 100 valence electrons. The van der Waals surface area contributed by atoms with Crippen molar-refractivity contribution in [3.05, 3.63) is 23.2 Å². The molecule has 0 amide bonds. The third-order valence-corrected chi connectivity index (χ3v) is 4.89. The standard InChI is InChI=1S/C10H12ClNO4S2/c1-6(10(13)14)12-18(15,16)7-3-4-9(17-2)8(11)5-7/h3-6,12H,1-2H3,(H,13,14)/t6-/m1/s1. The summed E-state index contributed by atoms with van der Waals surface area (Å²) in [7, 11) is -3.88. The molecule has 0 radical (unpaired) electrons. The molecule has 2 N–H and O–H groups in total. The third kappa shape index (κ3) is 3.61. The van der Waals surface area contributed by atoms with Crippen LogP contribution in [0.4, 0.5) is 0 Å². The van der Waals surface area contributed by atoms with Crippen LogP contribution in [-0.4, -0.2) is 31.8 Å². The fourth-order valence-corrected chi connectivity index (χ4v) is 3.32. The van der Waals surface area contributed by atoms with Crippen LogP contribution >= 0.6 is 23.4 Å². The van der Waals surface area contributed by atoms with Crippen molar-refractivity contribution in [1.29, 1.82) is 0 Å². The number of carboxylic acid groups (broad SMARTS) is 1. The first-order valence-electron chi connectivity index (χ1n) is 4.86. The van der Waals surface area contributed by atoms with Gasteiger partial charge in [-0.3, -0.25) is 4.79 Å². The molecule has 1 aromatic rings. The number of rotatable bonds is 5. The number of hydrogen-bond acceptors (Lipinski definition) is 4. The maximum Gasteiger partial charge on any atom is 0.321 e. The fraction of sp³-hybridized carbons (Fsp3) is 0.300. The maximum absolute atomic E-state index is 11.9. The molecule has 18 heavy (non-hydrogen) atoms. The van der Waals surface area contributed by atoms with E-state index in [1.54, 1.807) is 6.07 Å². The van der Waals surface area contributed by atoms with Gasteiger partial charge in [-0.25, -0.2) is 8.42 Å². The highest BCUT2D eigenvalue weighted by molar-refractivity contribution is 7.98. The van der Waals surface area contributed by atoms with Crippen molar-refractivity contribution in [2.45, 2.75) is 22.8 Å². The quantitative estimate of drug-likeness (QED) is 0.811. The highest BCUT2D eigenvalue weighted by atomic mass is 35.5. The van der Waals surface area contributed by atoms with Gasteiger partial charge in [-0.1, -0.05) is 11.6 Å². The molecule has 5 nitrogen and oxygen atoms in total. The smallest absolute Gasteiger partial charge is 0.321 e. The van der Waals surface area contributed by atoms with Crippen LogP contribution in [0.25, 0.3) is 0 Å². The Morgan fingerprint density at radius 3 is 2.56 bits per heavy atom. The van der Waals surface area contributed by atoms with E-state index in [0.29, 0.717) is 5.02 Å². The number of carboxylic acids is 1. The van der Waals surface area contributed by atoms with Crippen LogP contribution in [0.15, 0.2) is 28.0 Å². The van der Waals surface area contributed by atoms with E-state index in [9.17, 15) is 13.2 Å². The number of benzene rings is 1. The second-order valence-corrected chi connectivity index (χ2v) is 6.45. The maximum atomic E-state index is 11.9. The Balaban J connectivity index is 3.06. The molecular weight excluding hydrogens is 298 g/mol. The van der Waals surface area contributed by atoms with E-state index < -0.39 is 22.0 Å². The summed E-state index contributed by atoms with van der Waals surface area (Å²) in [5.41, 5.74) is 0.